The van der Waals surface area contributed by atoms with Crippen LogP contribution in [0, 0.1) is 0 Å². The Morgan fingerprint density at radius 3 is 2.30 bits per heavy atom. The molecule has 0 spiro atoms. The number of hydrogen-bond acceptors (Lipinski definition) is 1. The Morgan fingerprint density at radius 2 is 1.74 bits per heavy atom. The van der Waals surface area contributed by atoms with E-state index in [0.29, 0.717) is 0 Å². The maximum atomic E-state index is 3.81. The van der Waals surface area contributed by atoms with Crippen molar-refractivity contribution in [2.24, 2.45) is 0 Å². The Hall–Kier alpha value is -3.06. The molecule has 0 atom stereocenters. The monoisotopic (exact) mass is 359 g/mol. The van der Waals surface area contributed by atoms with Gasteiger partial charge < -0.3 is 5.32 Å². The molecule has 0 saturated heterocycles. The van der Waals surface area contributed by atoms with E-state index in [1.807, 2.05) is 81.6 Å². The van der Waals surface area contributed by atoms with Crippen molar-refractivity contribution in [3.05, 3.63) is 128 Å². The predicted molar refractivity (Wildman–Crippen MR) is 125 cm³/mol. The summed E-state index contributed by atoms with van der Waals surface area (Å²) in [5, 5.41) is 3.22. The molecular formula is C26H33N. The third kappa shape index (κ3) is 12.0. The molecule has 142 valence electrons. The Labute approximate surface area is 166 Å². The van der Waals surface area contributed by atoms with Crippen LogP contribution >= 0.6 is 0 Å². The number of para-hydroxylation sites is 1. The first-order chi connectivity index (χ1) is 13.2. The zero-order valence-electron chi connectivity index (χ0n) is 17.0. The molecule has 0 radical (unpaired) electrons. The Morgan fingerprint density at radius 1 is 1.04 bits per heavy atom. The molecule has 0 bridgehead atoms. The van der Waals surface area contributed by atoms with Gasteiger partial charge in [0.2, 0.25) is 0 Å². The van der Waals surface area contributed by atoms with Crippen LogP contribution in [0.25, 0.3) is 0 Å². The first kappa shape index (κ1) is 23.9. The third-order valence-corrected chi connectivity index (χ3v) is 3.38. The van der Waals surface area contributed by atoms with Gasteiger partial charge in [0.1, 0.15) is 0 Å². The van der Waals surface area contributed by atoms with E-state index in [2.05, 4.69) is 49.4 Å². The molecule has 1 nitrogen and oxygen atoms in total. The van der Waals surface area contributed by atoms with E-state index in [1.54, 1.807) is 6.08 Å². The lowest BCUT2D eigenvalue weighted by atomic mass is 10.1. The molecule has 0 aliphatic heterocycles. The van der Waals surface area contributed by atoms with E-state index < -0.39 is 0 Å². The molecule has 1 aromatic carbocycles. The average molecular weight is 360 g/mol. The quantitative estimate of drug-likeness (QED) is 0.487. The smallest absolute Gasteiger partial charge is 0.0379 e. The highest BCUT2D eigenvalue weighted by Crippen LogP contribution is 2.12. The number of hydrogen-bond donors (Lipinski definition) is 1. The SMILES string of the molecule is C1=CCC(C=CNc2ccccc2)=C1.C=CC(=C)C(=C)/C=C\C=C/C.CC. The highest BCUT2D eigenvalue weighted by molar-refractivity contribution is 5.46. The van der Waals surface area contributed by atoms with Gasteiger partial charge in [-0.25, -0.2) is 0 Å². The Kier molecular flexibility index (Phi) is 14.6. The minimum absolute atomic E-state index is 0.866. The molecule has 2 rings (SSSR count). The lowest BCUT2D eigenvalue weighted by Gasteiger charge is -1.98. The first-order valence-electron chi connectivity index (χ1n) is 9.31. The van der Waals surface area contributed by atoms with Crippen LogP contribution in [-0.4, -0.2) is 0 Å². The van der Waals surface area contributed by atoms with Crippen LogP contribution in [0.5, 0.6) is 0 Å². The van der Waals surface area contributed by atoms with Crippen molar-refractivity contribution in [3.63, 3.8) is 0 Å². The summed E-state index contributed by atoms with van der Waals surface area (Å²) in [5.74, 6) is 0. The molecule has 27 heavy (non-hydrogen) atoms. The zero-order chi connectivity index (χ0) is 20.3. The molecule has 1 aliphatic rings. The normalized spacial score (nSPS) is 12.2. The van der Waals surface area contributed by atoms with Crippen molar-refractivity contribution < 1.29 is 0 Å². The van der Waals surface area contributed by atoms with Gasteiger partial charge in [0.15, 0.2) is 0 Å². The van der Waals surface area contributed by atoms with E-state index in [4.69, 9.17) is 0 Å². The van der Waals surface area contributed by atoms with Crippen molar-refractivity contribution in [2.75, 3.05) is 5.32 Å². The van der Waals surface area contributed by atoms with Crippen LogP contribution in [0.2, 0.25) is 0 Å². The second kappa shape index (κ2) is 16.4. The largest absolute Gasteiger partial charge is 0.362 e. The summed E-state index contributed by atoms with van der Waals surface area (Å²) in [4.78, 5) is 0. The summed E-state index contributed by atoms with van der Waals surface area (Å²) >= 11 is 0. The minimum atomic E-state index is 0.866. The van der Waals surface area contributed by atoms with E-state index >= 15 is 0 Å². The number of benzene rings is 1. The molecule has 0 unspecified atom stereocenters. The minimum Gasteiger partial charge on any atom is -0.362 e. The molecule has 1 N–H and O–H groups in total. The fourth-order valence-electron chi connectivity index (χ4n) is 1.89. The van der Waals surface area contributed by atoms with Gasteiger partial charge in [0.05, 0.1) is 0 Å². The van der Waals surface area contributed by atoms with E-state index in [9.17, 15) is 0 Å². The van der Waals surface area contributed by atoms with Crippen molar-refractivity contribution >= 4 is 5.69 Å². The summed E-state index contributed by atoms with van der Waals surface area (Å²) in [7, 11) is 0. The van der Waals surface area contributed by atoms with Crippen molar-refractivity contribution in [3.8, 4) is 0 Å². The highest BCUT2D eigenvalue weighted by atomic mass is 14.8. The number of anilines is 1. The second-order valence-corrected chi connectivity index (χ2v) is 5.36. The Bertz CT molecular complexity index is 710. The van der Waals surface area contributed by atoms with Gasteiger partial charge in [0.25, 0.3) is 0 Å². The molecule has 1 aromatic rings. The van der Waals surface area contributed by atoms with Crippen molar-refractivity contribution in [1.82, 2.24) is 0 Å². The summed E-state index contributed by atoms with van der Waals surface area (Å²) < 4.78 is 0. The average Bonchev–Trinajstić information content (AvgIpc) is 3.24. The van der Waals surface area contributed by atoms with Crippen molar-refractivity contribution in [1.29, 1.82) is 0 Å². The predicted octanol–water partition coefficient (Wildman–Crippen LogP) is 7.94. The molecule has 0 saturated carbocycles. The van der Waals surface area contributed by atoms with Crippen LogP contribution in [0.4, 0.5) is 5.69 Å². The standard InChI is InChI=1S/C13H13N.C11H14.C2H6/c1-2-8-13(9-3-1)14-11-10-12-6-4-5-7-12;1-5-7-8-9-11(4)10(3)6-2;1-2/h1-6,8-11,14H,7H2;5-9H,2-4H2,1H3;1-2H3/b;7-5-,9-8-;. The summed E-state index contributed by atoms with van der Waals surface area (Å²) in [5.41, 5.74) is 4.23. The van der Waals surface area contributed by atoms with Gasteiger partial charge in [-0.2, -0.15) is 0 Å². The molecular weight excluding hydrogens is 326 g/mol. The van der Waals surface area contributed by atoms with E-state index in [1.165, 1.54) is 5.57 Å². The highest BCUT2D eigenvalue weighted by Gasteiger charge is 1.92. The number of rotatable bonds is 7. The summed E-state index contributed by atoms with van der Waals surface area (Å²) in [6.07, 6.45) is 20.9. The lowest BCUT2D eigenvalue weighted by molar-refractivity contribution is 1.33. The van der Waals surface area contributed by atoms with Crippen LogP contribution < -0.4 is 5.32 Å². The van der Waals surface area contributed by atoms with Gasteiger partial charge in [-0.05, 0) is 48.3 Å². The maximum Gasteiger partial charge on any atom is 0.0379 e. The number of nitrogens with one attached hydrogen (secondary N) is 1. The molecule has 0 fully saturated rings. The molecule has 0 amide bonds. The molecule has 0 heterocycles. The van der Waals surface area contributed by atoms with Crippen LogP contribution in [0.15, 0.2) is 128 Å². The number of allylic oxidation sites excluding steroid dienone is 12. The molecule has 0 aromatic heterocycles. The maximum absolute atomic E-state index is 3.81. The van der Waals surface area contributed by atoms with Gasteiger partial charge in [0, 0.05) is 11.9 Å². The van der Waals surface area contributed by atoms with Gasteiger partial charge >= 0.3 is 0 Å². The molecule has 1 aliphatic carbocycles. The topological polar surface area (TPSA) is 12.0 Å². The molecule has 1 heteroatoms. The van der Waals surface area contributed by atoms with Crippen LogP contribution in [0.3, 0.4) is 0 Å². The summed E-state index contributed by atoms with van der Waals surface area (Å²) in [6, 6.07) is 10.1. The zero-order valence-corrected chi connectivity index (χ0v) is 17.0. The van der Waals surface area contributed by atoms with E-state index in [-0.39, 0.29) is 0 Å². The fraction of sp³-hybridized carbons (Fsp3) is 0.154. The first-order valence-corrected chi connectivity index (χ1v) is 9.31. The van der Waals surface area contributed by atoms with Gasteiger partial charge in [-0.15, -0.1) is 0 Å². The third-order valence-electron chi connectivity index (χ3n) is 3.38. The van der Waals surface area contributed by atoms with Crippen LogP contribution in [-0.2, 0) is 0 Å². The van der Waals surface area contributed by atoms with Gasteiger partial charge in [-0.1, -0.05) is 100 Å². The Balaban J connectivity index is 0.000000473. The summed E-state index contributed by atoms with van der Waals surface area (Å²) in [6.45, 7) is 17.1. The van der Waals surface area contributed by atoms with E-state index in [0.717, 1.165) is 23.3 Å². The van der Waals surface area contributed by atoms with Crippen molar-refractivity contribution in [2.45, 2.75) is 27.2 Å². The fourth-order valence-corrected chi connectivity index (χ4v) is 1.89. The lowest BCUT2D eigenvalue weighted by Crippen LogP contribution is -1.86. The van der Waals surface area contributed by atoms with Gasteiger partial charge in [-0.3, -0.25) is 0 Å². The second-order valence-electron chi connectivity index (χ2n) is 5.36. The van der Waals surface area contributed by atoms with Crippen LogP contribution in [0.1, 0.15) is 27.2 Å².